The van der Waals surface area contributed by atoms with Crippen LogP contribution in [-0.4, -0.2) is 61.3 Å². The van der Waals surface area contributed by atoms with Crippen LogP contribution < -0.4 is 10.1 Å². The maximum atomic E-state index is 13.5. The number of hydrogen-bond acceptors (Lipinski definition) is 7. The summed E-state index contributed by atoms with van der Waals surface area (Å²) in [5, 5.41) is 14.0. The van der Waals surface area contributed by atoms with Crippen molar-refractivity contribution in [2.45, 2.75) is 43.9 Å². The van der Waals surface area contributed by atoms with Crippen LogP contribution in [0.4, 0.5) is 4.79 Å². The molecule has 3 rings (SSSR count). The first kappa shape index (κ1) is 29.1. The molecule has 1 amide bonds. The van der Waals surface area contributed by atoms with Crippen LogP contribution in [0.2, 0.25) is 0 Å². The number of aliphatic hydroxyl groups excluding tert-OH is 1. The molecule has 0 aliphatic carbocycles. The number of carbonyl (C=O) groups excluding carboxylic acids is 1. The number of aliphatic hydroxyl groups is 1. The van der Waals surface area contributed by atoms with Gasteiger partial charge in [-0.05, 0) is 48.2 Å². The predicted octanol–water partition coefficient (Wildman–Crippen LogP) is 3.64. The van der Waals surface area contributed by atoms with Gasteiger partial charge in [-0.25, -0.2) is 13.2 Å². The van der Waals surface area contributed by atoms with Gasteiger partial charge in [-0.15, -0.1) is 0 Å². The van der Waals surface area contributed by atoms with E-state index in [9.17, 15) is 18.3 Å². The third kappa shape index (κ3) is 8.54. The molecule has 9 nitrogen and oxygen atoms in total. The average Bonchev–Trinajstić information content (AvgIpc) is 2.92. The zero-order valence-corrected chi connectivity index (χ0v) is 22.7. The highest BCUT2D eigenvalue weighted by Gasteiger charge is 2.31. The molecule has 0 saturated heterocycles. The molecule has 0 aliphatic heterocycles. The summed E-state index contributed by atoms with van der Waals surface area (Å²) in [5.41, 5.74) is 1.59. The van der Waals surface area contributed by atoms with Crippen LogP contribution in [0.5, 0.6) is 5.75 Å². The first-order valence-electron chi connectivity index (χ1n) is 12.4. The fourth-order valence-corrected chi connectivity index (χ4v) is 5.51. The topological polar surface area (TPSA) is 118 Å². The maximum Gasteiger partial charge on any atom is 0.407 e. The minimum atomic E-state index is -3.93. The summed E-state index contributed by atoms with van der Waals surface area (Å²) in [6.07, 6.45) is 1.56. The molecule has 2 aromatic carbocycles. The molecule has 204 valence electrons. The molecule has 1 aromatic heterocycles. The Morgan fingerprint density at radius 3 is 2.29 bits per heavy atom. The molecule has 0 saturated carbocycles. The number of nitrogens with one attached hydrogen (secondary N) is 1. The van der Waals surface area contributed by atoms with Crippen molar-refractivity contribution >= 4 is 16.1 Å². The van der Waals surface area contributed by atoms with Crippen LogP contribution in [0.15, 0.2) is 84.0 Å². The summed E-state index contributed by atoms with van der Waals surface area (Å²) < 4.78 is 38.8. The summed E-state index contributed by atoms with van der Waals surface area (Å²) in [6, 6.07) is 18.2. The number of rotatable bonds is 13. The number of carbonyl (C=O) groups is 1. The number of nitrogens with zero attached hydrogens (tertiary/aromatic N) is 2. The minimum absolute atomic E-state index is 0.000188. The number of amides is 1. The van der Waals surface area contributed by atoms with Crippen molar-refractivity contribution in [1.29, 1.82) is 0 Å². The van der Waals surface area contributed by atoms with E-state index < -0.39 is 28.3 Å². The Morgan fingerprint density at radius 1 is 1.00 bits per heavy atom. The number of aromatic nitrogens is 1. The minimum Gasteiger partial charge on any atom is -0.497 e. The Labute approximate surface area is 224 Å². The molecule has 0 bridgehead atoms. The quantitative estimate of drug-likeness (QED) is 0.339. The van der Waals surface area contributed by atoms with Gasteiger partial charge in [-0.3, -0.25) is 4.98 Å². The number of benzene rings is 2. The van der Waals surface area contributed by atoms with Crippen LogP contribution in [0, 0.1) is 5.92 Å². The van der Waals surface area contributed by atoms with E-state index in [-0.39, 0.29) is 36.9 Å². The second-order valence-corrected chi connectivity index (χ2v) is 11.3. The van der Waals surface area contributed by atoms with Gasteiger partial charge in [0.15, 0.2) is 0 Å². The molecule has 0 spiro atoms. The van der Waals surface area contributed by atoms with Gasteiger partial charge in [0.1, 0.15) is 12.4 Å². The van der Waals surface area contributed by atoms with Crippen LogP contribution in [0.1, 0.15) is 25.0 Å². The third-order valence-corrected chi connectivity index (χ3v) is 7.66. The number of ether oxygens (including phenoxy) is 2. The average molecular weight is 542 g/mol. The van der Waals surface area contributed by atoms with Gasteiger partial charge in [0.2, 0.25) is 10.0 Å². The van der Waals surface area contributed by atoms with Crippen LogP contribution >= 0.6 is 0 Å². The lowest BCUT2D eigenvalue weighted by Gasteiger charge is -2.30. The fourth-order valence-electron chi connectivity index (χ4n) is 3.89. The van der Waals surface area contributed by atoms with Crippen LogP contribution in [0.25, 0.3) is 0 Å². The van der Waals surface area contributed by atoms with E-state index in [1.54, 1.807) is 36.7 Å². The van der Waals surface area contributed by atoms with Crippen molar-refractivity contribution in [3.05, 3.63) is 90.3 Å². The summed E-state index contributed by atoms with van der Waals surface area (Å²) >= 11 is 0. The SMILES string of the molecule is COc1ccc(S(=O)(=O)N(CC(C)C)C[C@@H](O)[C@H](Cc2ccccc2)NC(=O)OCc2cccnc2)cc1. The molecule has 3 aromatic rings. The highest BCUT2D eigenvalue weighted by Crippen LogP contribution is 2.21. The standard InChI is InChI=1S/C28H35N3O6S/c1-21(2)18-31(38(34,35)25-13-11-24(36-3)12-14-25)19-27(32)26(16-22-8-5-4-6-9-22)30-28(33)37-20-23-10-7-15-29-17-23/h4-15,17,21,26-27,32H,16,18-20H2,1-3H3,(H,30,33)/t26-,27+/m0/s1. The van der Waals surface area contributed by atoms with Gasteiger partial charge in [0.25, 0.3) is 0 Å². The summed E-state index contributed by atoms with van der Waals surface area (Å²) in [5.74, 6) is 0.538. The number of sulfonamides is 1. The monoisotopic (exact) mass is 541 g/mol. The lowest BCUT2D eigenvalue weighted by molar-refractivity contribution is 0.0873. The summed E-state index contributed by atoms with van der Waals surface area (Å²) in [7, 11) is -2.42. The Hall–Kier alpha value is -3.47. The van der Waals surface area contributed by atoms with Crippen molar-refractivity contribution in [2.24, 2.45) is 5.92 Å². The van der Waals surface area contributed by atoms with Crippen molar-refractivity contribution in [1.82, 2.24) is 14.6 Å². The summed E-state index contributed by atoms with van der Waals surface area (Å²) in [6.45, 7) is 3.79. The van der Waals surface area contributed by atoms with E-state index in [2.05, 4.69) is 10.3 Å². The molecule has 2 N–H and O–H groups in total. The van der Waals surface area contributed by atoms with Gasteiger partial charge in [-0.2, -0.15) is 4.31 Å². The molecule has 2 atom stereocenters. The van der Waals surface area contributed by atoms with Gasteiger partial charge >= 0.3 is 6.09 Å². The fraction of sp³-hybridized carbons (Fsp3) is 0.357. The first-order chi connectivity index (χ1) is 18.2. The second-order valence-electron chi connectivity index (χ2n) is 9.34. The molecule has 10 heteroatoms. The highest BCUT2D eigenvalue weighted by molar-refractivity contribution is 7.89. The van der Waals surface area contributed by atoms with Crippen molar-refractivity contribution in [3.63, 3.8) is 0 Å². The molecule has 38 heavy (non-hydrogen) atoms. The number of methoxy groups -OCH3 is 1. The van der Waals surface area contributed by atoms with E-state index >= 15 is 0 Å². The summed E-state index contributed by atoms with van der Waals surface area (Å²) in [4.78, 5) is 16.7. The molecule has 0 radical (unpaired) electrons. The zero-order valence-electron chi connectivity index (χ0n) is 21.9. The maximum absolute atomic E-state index is 13.5. The van der Waals surface area contributed by atoms with Gasteiger partial charge in [0, 0.05) is 31.0 Å². The number of alkyl carbamates (subject to hydrolysis) is 1. The molecular formula is C28H35N3O6S. The molecule has 0 unspecified atom stereocenters. The zero-order chi connectivity index (χ0) is 27.5. The normalized spacial score (nSPS) is 13.2. The van der Waals surface area contributed by atoms with Crippen molar-refractivity contribution < 1.29 is 27.8 Å². The molecular weight excluding hydrogens is 506 g/mol. The van der Waals surface area contributed by atoms with Gasteiger partial charge in [0.05, 0.1) is 24.2 Å². The number of pyridine rings is 1. The Morgan fingerprint density at radius 2 is 1.68 bits per heavy atom. The number of hydrogen-bond donors (Lipinski definition) is 2. The van der Waals surface area contributed by atoms with E-state index in [4.69, 9.17) is 9.47 Å². The third-order valence-electron chi connectivity index (χ3n) is 5.82. The van der Waals surface area contributed by atoms with E-state index in [1.165, 1.54) is 23.5 Å². The highest BCUT2D eigenvalue weighted by atomic mass is 32.2. The first-order valence-corrected chi connectivity index (χ1v) is 13.8. The Balaban J connectivity index is 1.79. The lowest BCUT2D eigenvalue weighted by Crippen LogP contribution is -2.51. The van der Waals surface area contributed by atoms with Gasteiger partial charge < -0.3 is 19.9 Å². The lowest BCUT2D eigenvalue weighted by atomic mass is 10.0. The van der Waals surface area contributed by atoms with Crippen LogP contribution in [0.3, 0.4) is 0 Å². The van der Waals surface area contributed by atoms with Crippen molar-refractivity contribution in [3.8, 4) is 5.75 Å². The molecule has 1 heterocycles. The second kappa shape index (κ2) is 13.9. The largest absolute Gasteiger partial charge is 0.497 e. The van der Waals surface area contributed by atoms with E-state index in [0.29, 0.717) is 5.75 Å². The predicted molar refractivity (Wildman–Crippen MR) is 144 cm³/mol. The van der Waals surface area contributed by atoms with Crippen LogP contribution in [-0.2, 0) is 27.8 Å². The molecule has 0 aliphatic rings. The van der Waals surface area contributed by atoms with E-state index in [0.717, 1.165) is 11.1 Å². The smallest absolute Gasteiger partial charge is 0.407 e. The molecule has 0 fully saturated rings. The Bertz CT molecular complexity index is 1240. The van der Waals surface area contributed by atoms with Gasteiger partial charge in [-0.1, -0.05) is 50.2 Å². The van der Waals surface area contributed by atoms with Crippen molar-refractivity contribution in [2.75, 3.05) is 20.2 Å². The Kier molecular flexibility index (Phi) is 10.6. The van der Waals surface area contributed by atoms with E-state index in [1.807, 2.05) is 44.2 Å².